The summed E-state index contributed by atoms with van der Waals surface area (Å²) in [6.45, 7) is 8.51. The average molecular weight is 359 g/mol. The summed E-state index contributed by atoms with van der Waals surface area (Å²) >= 11 is 0. The van der Waals surface area contributed by atoms with Crippen LogP contribution in [-0.2, 0) is 19.5 Å². The van der Waals surface area contributed by atoms with Gasteiger partial charge >= 0.3 is 0 Å². The SMILES string of the molecule is CCNC(=NCc1cc(C(CC)CC)no1)NC1CCc2ncnn2C1. The van der Waals surface area contributed by atoms with Crippen molar-refractivity contribution in [1.82, 2.24) is 30.6 Å². The second-order valence-electron chi connectivity index (χ2n) is 6.66. The minimum atomic E-state index is 0.289. The highest BCUT2D eigenvalue weighted by Crippen LogP contribution is 2.22. The highest BCUT2D eigenvalue weighted by atomic mass is 16.5. The quantitative estimate of drug-likeness (QED) is 0.582. The minimum absolute atomic E-state index is 0.289. The van der Waals surface area contributed by atoms with Gasteiger partial charge in [0.2, 0.25) is 0 Å². The summed E-state index contributed by atoms with van der Waals surface area (Å²) in [5.41, 5.74) is 1.03. The third-order valence-electron chi connectivity index (χ3n) is 4.86. The maximum Gasteiger partial charge on any atom is 0.191 e. The zero-order valence-corrected chi connectivity index (χ0v) is 15.9. The molecule has 0 fully saturated rings. The molecule has 0 spiro atoms. The van der Waals surface area contributed by atoms with Crippen LogP contribution < -0.4 is 10.6 Å². The summed E-state index contributed by atoms with van der Waals surface area (Å²) in [5.74, 6) is 3.11. The molecule has 8 heteroatoms. The van der Waals surface area contributed by atoms with Crippen molar-refractivity contribution in [3.8, 4) is 0 Å². The lowest BCUT2D eigenvalue weighted by Crippen LogP contribution is -2.47. The summed E-state index contributed by atoms with van der Waals surface area (Å²) in [5, 5.41) is 15.3. The van der Waals surface area contributed by atoms with Gasteiger partial charge in [-0.1, -0.05) is 19.0 Å². The van der Waals surface area contributed by atoms with Crippen LogP contribution in [0.1, 0.15) is 63.2 Å². The van der Waals surface area contributed by atoms with E-state index in [9.17, 15) is 0 Å². The molecule has 0 aliphatic carbocycles. The maximum atomic E-state index is 5.47. The Bertz CT molecular complexity index is 717. The molecule has 2 aromatic heterocycles. The van der Waals surface area contributed by atoms with E-state index in [2.05, 4.69) is 51.6 Å². The van der Waals surface area contributed by atoms with Gasteiger partial charge in [-0.3, -0.25) is 0 Å². The number of fused-ring (bicyclic) bond motifs is 1. The first-order chi connectivity index (χ1) is 12.7. The number of guanidine groups is 1. The van der Waals surface area contributed by atoms with Crippen LogP contribution in [0.5, 0.6) is 0 Å². The fourth-order valence-corrected chi connectivity index (χ4v) is 3.33. The Balaban J connectivity index is 1.61. The average Bonchev–Trinajstić information content (AvgIpc) is 3.30. The zero-order valence-electron chi connectivity index (χ0n) is 15.9. The first-order valence-electron chi connectivity index (χ1n) is 9.60. The Kier molecular flexibility index (Phi) is 6.25. The van der Waals surface area contributed by atoms with Gasteiger partial charge in [0.15, 0.2) is 11.7 Å². The number of nitrogens with one attached hydrogen (secondary N) is 2. The van der Waals surface area contributed by atoms with Gasteiger partial charge < -0.3 is 15.2 Å². The van der Waals surface area contributed by atoms with Crippen molar-refractivity contribution in [1.29, 1.82) is 0 Å². The molecule has 0 radical (unpaired) electrons. The van der Waals surface area contributed by atoms with Crippen molar-refractivity contribution in [2.75, 3.05) is 6.54 Å². The third kappa shape index (κ3) is 4.42. The van der Waals surface area contributed by atoms with E-state index in [1.807, 2.05) is 10.7 Å². The number of aromatic nitrogens is 4. The van der Waals surface area contributed by atoms with Crippen LogP contribution in [0, 0.1) is 0 Å². The molecule has 0 bridgehead atoms. The van der Waals surface area contributed by atoms with E-state index in [-0.39, 0.29) is 6.04 Å². The molecule has 26 heavy (non-hydrogen) atoms. The fourth-order valence-electron chi connectivity index (χ4n) is 3.33. The molecule has 2 N–H and O–H groups in total. The lowest BCUT2D eigenvalue weighted by molar-refractivity contribution is 0.371. The number of aliphatic imine (C=N–C) groups is 1. The molecule has 0 aromatic carbocycles. The molecule has 8 nitrogen and oxygen atoms in total. The predicted molar refractivity (Wildman–Crippen MR) is 99.9 cm³/mol. The number of nitrogens with zero attached hydrogens (tertiary/aromatic N) is 5. The Hall–Kier alpha value is -2.38. The molecular weight excluding hydrogens is 330 g/mol. The topological polar surface area (TPSA) is 93.2 Å². The summed E-state index contributed by atoms with van der Waals surface area (Å²) in [4.78, 5) is 8.93. The van der Waals surface area contributed by atoms with Gasteiger partial charge in [0, 0.05) is 31.0 Å². The second-order valence-corrected chi connectivity index (χ2v) is 6.66. The third-order valence-corrected chi connectivity index (χ3v) is 4.86. The van der Waals surface area contributed by atoms with Gasteiger partial charge in [0.25, 0.3) is 0 Å². The monoisotopic (exact) mass is 359 g/mol. The van der Waals surface area contributed by atoms with Gasteiger partial charge in [0.05, 0.1) is 12.2 Å². The van der Waals surface area contributed by atoms with E-state index in [1.165, 1.54) is 0 Å². The van der Waals surface area contributed by atoms with Gasteiger partial charge in [-0.2, -0.15) is 5.10 Å². The highest BCUT2D eigenvalue weighted by molar-refractivity contribution is 5.80. The number of aryl methyl sites for hydroxylation is 1. The molecule has 0 amide bonds. The van der Waals surface area contributed by atoms with Gasteiger partial charge in [-0.05, 0) is 26.2 Å². The Labute approximate surface area is 154 Å². The lowest BCUT2D eigenvalue weighted by atomic mass is 9.99. The van der Waals surface area contributed by atoms with Gasteiger partial charge in [-0.15, -0.1) is 0 Å². The normalized spacial score (nSPS) is 17.4. The molecule has 1 aliphatic heterocycles. The molecule has 1 atom stereocenters. The van der Waals surface area contributed by atoms with Crippen LogP contribution in [0.15, 0.2) is 21.9 Å². The van der Waals surface area contributed by atoms with Crippen LogP contribution in [0.2, 0.25) is 0 Å². The van der Waals surface area contributed by atoms with Crippen molar-refractivity contribution in [2.24, 2.45) is 4.99 Å². The smallest absolute Gasteiger partial charge is 0.191 e. The summed E-state index contributed by atoms with van der Waals surface area (Å²) in [6, 6.07) is 2.32. The molecular formula is C18H29N7O. The summed E-state index contributed by atoms with van der Waals surface area (Å²) < 4.78 is 7.43. The van der Waals surface area contributed by atoms with E-state index in [1.54, 1.807) is 6.33 Å². The van der Waals surface area contributed by atoms with Gasteiger partial charge in [-0.25, -0.2) is 14.7 Å². The standard InChI is InChI=1S/C18H29N7O/c1-4-13(5-2)16-9-15(26-24-16)10-20-18(19-6-3)23-14-7-8-17-21-12-22-25(17)11-14/h9,12-14H,4-8,10-11H2,1-3H3,(H2,19,20,23). The minimum Gasteiger partial charge on any atom is -0.359 e. The lowest BCUT2D eigenvalue weighted by Gasteiger charge is -2.25. The molecule has 1 unspecified atom stereocenters. The van der Waals surface area contributed by atoms with Crippen LogP contribution >= 0.6 is 0 Å². The number of hydrogen-bond acceptors (Lipinski definition) is 5. The van der Waals surface area contributed by atoms with Crippen molar-refractivity contribution in [2.45, 2.75) is 71.5 Å². The van der Waals surface area contributed by atoms with Crippen molar-refractivity contribution < 1.29 is 4.52 Å². The van der Waals surface area contributed by atoms with Crippen LogP contribution in [0.25, 0.3) is 0 Å². The molecule has 3 rings (SSSR count). The zero-order chi connectivity index (χ0) is 18.4. The number of hydrogen-bond donors (Lipinski definition) is 2. The Morgan fingerprint density at radius 2 is 2.23 bits per heavy atom. The van der Waals surface area contributed by atoms with Crippen LogP contribution in [0.3, 0.4) is 0 Å². The first kappa shape index (κ1) is 18.4. The van der Waals surface area contributed by atoms with E-state index in [0.29, 0.717) is 12.5 Å². The molecule has 0 saturated heterocycles. The van der Waals surface area contributed by atoms with Crippen LogP contribution in [-0.4, -0.2) is 38.5 Å². The van der Waals surface area contributed by atoms with E-state index in [0.717, 1.165) is 62.0 Å². The summed E-state index contributed by atoms with van der Waals surface area (Å²) in [7, 11) is 0. The largest absolute Gasteiger partial charge is 0.359 e. The predicted octanol–water partition coefficient (Wildman–Crippen LogP) is 2.24. The Morgan fingerprint density at radius 1 is 1.38 bits per heavy atom. The number of rotatable bonds is 7. The molecule has 2 aromatic rings. The van der Waals surface area contributed by atoms with E-state index < -0.39 is 0 Å². The molecule has 142 valence electrons. The summed E-state index contributed by atoms with van der Waals surface area (Å²) in [6.07, 6.45) is 5.71. The van der Waals surface area contributed by atoms with Crippen molar-refractivity contribution in [3.63, 3.8) is 0 Å². The Morgan fingerprint density at radius 3 is 3.00 bits per heavy atom. The molecule has 0 saturated carbocycles. The van der Waals surface area contributed by atoms with Crippen molar-refractivity contribution in [3.05, 3.63) is 29.7 Å². The highest BCUT2D eigenvalue weighted by Gasteiger charge is 2.20. The van der Waals surface area contributed by atoms with Crippen LogP contribution in [0.4, 0.5) is 0 Å². The van der Waals surface area contributed by atoms with E-state index in [4.69, 9.17) is 4.52 Å². The fraction of sp³-hybridized carbons (Fsp3) is 0.667. The van der Waals surface area contributed by atoms with E-state index >= 15 is 0 Å². The molecule has 1 aliphatic rings. The first-order valence-corrected chi connectivity index (χ1v) is 9.60. The van der Waals surface area contributed by atoms with Crippen molar-refractivity contribution >= 4 is 5.96 Å². The second kappa shape index (κ2) is 8.82. The maximum absolute atomic E-state index is 5.47. The molecule has 3 heterocycles. The van der Waals surface area contributed by atoms with Gasteiger partial charge in [0.1, 0.15) is 18.7 Å².